The van der Waals surface area contributed by atoms with E-state index in [1.165, 1.54) is 0 Å². The summed E-state index contributed by atoms with van der Waals surface area (Å²) < 4.78 is 0. The van der Waals surface area contributed by atoms with Crippen molar-refractivity contribution in [3.05, 3.63) is 48.3 Å². The molecule has 0 bridgehead atoms. The summed E-state index contributed by atoms with van der Waals surface area (Å²) in [5.41, 5.74) is 1.49. The third kappa shape index (κ3) is 3.42. The second kappa shape index (κ2) is 7.21. The third-order valence-electron chi connectivity index (χ3n) is 4.15. The first-order valence-electron chi connectivity index (χ1n) is 8.13. The molecular formula is C18H20N4O2. The maximum Gasteiger partial charge on any atom is 0.253 e. The molecule has 1 aliphatic rings. The fourth-order valence-electron chi connectivity index (χ4n) is 2.87. The number of rotatable bonds is 4. The Morgan fingerprint density at radius 3 is 2.58 bits per heavy atom. The minimum absolute atomic E-state index is 0.0318. The predicted molar refractivity (Wildman–Crippen MR) is 90.2 cm³/mol. The molecule has 0 spiro atoms. The van der Waals surface area contributed by atoms with Crippen LogP contribution in [0.2, 0.25) is 0 Å². The molecule has 0 unspecified atom stereocenters. The first kappa shape index (κ1) is 16.1. The number of carbonyl (C=O) groups is 2. The van der Waals surface area contributed by atoms with Crippen molar-refractivity contribution in [1.82, 2.24) is 20.2 Å². The summed E-state index contributed by atoms with van der Waals surface area (Å²) >= 11 is 0. The molecule has 2 amide bonds. The van der Waals surface area contributed by atoms with Gasteiger partial charge in [0.15, 0.2) is 5.82 Å². The van der Waals surface area contributed by atoms with E-state index in [2.05, 4.69) is 15.3 Å². The van der Waals surface area contributed by atoms with Crippen LogP contribution in [-0.4, -0.2) is 46.3 Å². The molecule has 0 radical (unpaired) electrons. The quantitative estimate of drug-likeness (QED) is 0.929. The van der Waals surface area contributed by atoms with Crippen molar-refractivity contribution in [2.24, 2.45) is 5.92 Å². The highest BCUT2D eigenvalue weighted by Crippen LogP contribution is 2.20. The standard InChI is InChI=1S/C18H20N4O2/c1-2-19-17(23)15-8-11-22(12-15)18(24)14-6-4-13(5-7-14)16-20-9-3-10-21-16/h3-7,9-10,15H,2,8,11-12H2,1H3,(H,19,23)/t15-/m1/s1. The summed E-state index contributed by atoms with van der Waals surface area (Å²) in [6, 6.07) is 9.03. The minimum Gasteiger partial charge on any atom is -0.356 e. The van der Waals surface area contributed by atoms with Crippen molar-refractivity contribution in [1.29, 1.82) is 0 Å². The zero-order chi connectivity index (χ0) is 16.9. The van der Waals surface area contributed by atoms with E-state index in [1.807, 2.05) is 19.1 Å². The molecule has 6 nitrogen and oxygen atoms in total. The Balaban J connectivity index is 1.67. The van der Waals surface area contributed by atoms with E-state index in [-0.39, 0.29) is 17.7 Å². The highest BCUT2D eigenvalue weighted by atomic mass is 16.2. The van der Waals surface area contributed by atoms with Crippen LogP contribution in [0.3, 0.4) is 0 Å². The van der Waals surface area contributed by atoms with Crippen molar-refractivity contribution in [2.75, 3.05) is 19.6 Å². The van der Waals surface area contributed by atoms with Crippen molar-refractivity contribution in [2.45, 2.75) is 13.3 Å². The van der Waals surface area contributed by atoms with Gasteiger partial charge in [0.1, 0.15) is 0 Å². The number of hydrogen-bond acceptors (Lipinski definition) is 4. The Hall–Kier alpha value is -2.76. The van der Waals surface area contributed by atoms with Gasteiger partial charge in [0.05, 0.1) is 5.92 Å². The van der Waals surface area contributed by atoms with Crippen molar-refractivity contribution >= 4 is 11.8 Å². The van der Waals surface area contributed by atoms with E-state index in [0.717, 1.165) is 5.56 Å². The summed E-state index contributed by atoms with van der Waals surface area (Å²) in [5, 5.41) is 2.82. The Bertz CT molecular complexity index is 716. The van der Waals surface area contributed by atoms with E-state index in [4.69, 9.17) is 0 Å². The van der Waals surface area contributed by atoms with E-state index in [9.17, 15) is 9.59 Å². The molecule has 124 valence electrons. The SMILES string of the molecule is CCNC(=O)[C@@H]1CCN(C(=O)c2ccc(-c3ncccn3)cc2)C1. The number of carbonyl (C=O) groups excluding carboxylic acids is 2. The molecule has 2 aromatic rings. The maximum atomic E-state index is 12.6. The minimum atomic E-state index is -0.106. The summed E-state index contributed by atoms with van der Waals surface area (Å²) in [7, 11) is 0. The lowest BCUT2D eigenvalue weighted by molar-refractivity contribution is -0.124. The van der Waals surface area contributed by atoms with Gasteiger partial charge in [0.25, 0.3) is 5.91 Å². The molecule has 1 saturated heterocycles. The Labute approximate surface area is 140 Å². The molecule has 1 aliphatic heterocycles. The average molecular weight is 324 g/mol. The second-order valence-corrected chi connectivity index (χ2v) is 5.78. The molecule has 0 aliphatic carbocycles. The van der Waals surface area contributed by atoms with Gasteiger partial charge in [0.2, 0.25) is 5.91 Å². The van der Waals surface area contributed by atoms with Crippen LogP contribution in [0.1, 0.15) is 23.7 Å². The Kier molecular flexibility index (Phi) is 4.84. The van der Waals surface area contributed by atoms with Gasteiger partial charge in [0, 0.05) is 43.2 Å². The number of amides is 2. The Morgan fingerprint density at radius 1 is 1.21 bits per heavy atom. The summed E-state index contributed by atoms with van der Waals surface area (Å²) in [6.07, 6.45) is 4.09. The molecule has 1 atom stereocenters. The maximum absolute atomic E-state index is 12.6. The fraction of sp³-hybridized carbons (Fsp3) is 0.333. The van der Waals surface area contributed by atoms with Crippen LogP contribution in [0, 0.1) is 5.92 Å². The smallest absolute Gasteiger partial charge is 0.253 e. The van der Waals surface area contributed by atoms with Crippen LogP contribution >= 0.6 is 0 Å². The van der Waals surface area contributed by atoms with Crippen LogP contribution < -0.4 is 5.32 Å². The zero-order valence-electron chi connectivity index (χ0n) is 13.6. The van der Waals surface area contributed by atoms with Crippen LogP contribution in [0.25, 0.3) is 11.4 Å². The fourth-order valence-corrected chi connectivity index (χ4v) is 2.87. The number of aromatic nitrogens is 2. The molecule has 1 fully saturated rings. The normalized spacial score (nSPS) is 16.9. The van der Waals surface area contributed by atoms with Gasteiger partial charge in [-0.25, -0.2) is 9.97 Å². The van der Waals surface area contributed by atoms with Crippen LogP contribution in [0.4, 0.5) is 0 Å². The van der Waals surface area contributed by atoms with Gasteiger partial charge in [-0.3, -0.25) is 9.59 Å². The lowest BCUT2D eigenvalue weighted by Crippen LogP contribution is -2.34. The van der Waals surface area contributed by atoms with Gasteiger partial charge in [-0.15, -0.1) is 0 Å². The van der Waals surface area contributed by atoms with E-state index in [0.29, 0.717) is 37.4 Å². The number of likely N-dealkylation sites (tertiary alicyclic amines) is 1. The summed E-state index contributed by atoms with van der Waals surface area (Å²) in [4.78, 5) is 34.6. The summed E-state index contributed by atoms with van der Waals surface area (Å²) in [6.45, 7) is 3.61. The number of nitrogens with zero attached hydrogens (tertiary/aromatic N) is 3. The molecule has 6 heteroatoms. The number of nitrogens with one attached hydrogen (secondary N) is 1. The molecule has 1 aromatic carbocycles. The van der Waals surface area contributed by atoms with E-state index in [1.54, 1.807) is 35.5 Å². The predicted octanol–water partition coefficient (Wildman–Crippen LogP) is 1.74. The van der Waals surface area contributed by atoms with Gasteiger partial charge in [-0.1, -0.05) is 12.1 Å². The van der Waals surface area contributed by atoms with Gasteiger partial charge in [-0.05, 0) is 31.5 Å². The van der Waals surface area contributed by atoms with Crippen LogP contribution in [0.5, 0.6) is 0 Å². The van der Waals surface area contributed by atoms with E-state index < -0.39 is 0 Å². The monoisotopic (exact) mass is 324 g/mol. The van der Waals surface area contributed by atoms with Gasteiger partial charge >= 0.3 is 0 Å². The largest absolute Gasteiger partial charge is 0.356 e. The molecule has 1 aromatic heterocycles. The van der Waals surface area contributed by atoms with Crippen LogP contribution in [-0.2, 0) is 4.79 Å². The third-order valence-corrected chi connectivity index (χ3v) is 4.15. The molecule has 1 N–H and O–H groups in total. The van der Waals surface area contributed by atoms with Crippen molar-refractivity contribution in [3.8, 4) is 11.4 Å². The molecule has 2 heterocycles. The van der Waals surface area contributed by atoms with Crippen molar-refractivity contribution in [3.63, 3.8) is 0 Å². The molecule has 24 heavy (non-hydrogen) atoms. The lowest BCUT2D eigenvalue weighted by atomic mass is 10.1. The second-order valence-electron chi connectivity index (χ2n) is 5.78. The molecular weight excluding hydrogens is 304 g/mol. The van der Waals surface area contributed by atoms with Gasteiger partial charge in [-0.2, -0.15) is 0 Å². The van der Waals surface area contributed by atoms with Gasteiger partial charge < -0.3 is 10.2 Å². The Morgan fingerprint density at radius 2 is 1.92 bits per heavy atom. The molecule has 0 saturated carbocycles. The number of hydrogen-bond donors (Lipinski definition) is 1. The van der Waals surface area contributed by atoms with Crippen molar-refractivity contribution < 1.29 is 9.59 Å². The molecule has 3 rings (SSSR count). The first-order chi connectivity index (χ1) is 11.7. The summed E-state index contributed by atoms with van der Waals surface area (Å²) in [5.74, 6) is 0.520. The lowest BCUT2D eigenvalue weighted by Gasteiger charge is -2.16. The highest BCUT2D eigenvalue weighted by Gasteiger charge is 2.31. The topological polar surface area (TPSA) is 75.2 Å². The first-order valence-corrected chi connectivity index (χ1v) is 8.13. The number of benzene rings is 1. The zero-order valence-corrected chi connectivity index (χ0v) is 13.6. The highest BCUT2D eigenvalue weighted by molar-refractivity contribution is 5.95. The average Bonchev–Trinajstić information content (AvgIpc) is 3.12. The van der Waals surface area contributed by atoms with E-state index >= 15 is 0 Å². The van der Waals surface area contributed by atoms with Crippen LogP contribution in [0.15, 0.2) is 42.7 Å².